The summed E-state index contributed by atoms with van der Waals surface area (Å²) in [5.41, 5.74) is 3.02. The summed E-state index contributed by atoms with van der Waals surface area (Å²) in [6.07, 6.45) is 3.47. The van der Waals surface area contributed by atoms with E-state index in [1.807, 2.05) is 13.0 Å². The van der Waals surface area contributed by atoms with Gasteiger partial charge in [0, 0.05) is 25.0 Å². The van der Waals surface area contributed by atoms with Crippen LogP contribution < -0.4 is 5.32 Å². The van der Waals surface area contributed by atoms with E-state index in [-0.39, 0.29) is 0 Å². The van der Waals surface area contributed by atoms with Crippen LogP contribution in [0.5, 0.6) is 0 Å². The van der Waals surface area contributed by atoms with Crippen LogP contribution >= 0.6 is 0 Å². The lowest BCUT2D eigenvalue weighted by Crippen LogP contribution is -1.99. The second-order valence-electron chi connectivity index (χ2n) is 3.60. The van der Waals surface area contributed by atoms with E-state index in [9.17, 15) is 0 Å². The van der Waals surface area contributed by atoms with Crippen molar-refractivity contribution in [1.29, 1.82) is 5.26 Å². The first-order valence-electron chi connectivity index (χ1n) is 5.12. The van der Waals surface area contributed by atoms with Gasteiger partial charge in [-0.2, -0.15) is 5.26 Å². The number of aromatic nitrogens is 3. The Labute approximate surface area is 99.2 Å². The number of rotatable bonds is 2. The quantitative estimate of drug-likeness (QED) is 0.842. The van der Waals surface area contributed by atoms with Crippen LogP contribution in [-0.4, -0.2) is 22.2 Å². The smallest absolute Gasteiger partial charge is 0.166 e. The second-order valence-corrected chi connectivity index (χ2v) is 3.60. The lowest BCUT2D eigenvalue weighted by Gasteiger charge is -2.04. The Balaban J connectivity index is 2.51. The van der Waals surface area contributed by atoms with Crippen molar-refractivity contribution in [3.8, 4) is 17.3 Å². The molecule has 0 atom stereocenters. The highest BCUT2D eigenvalue weighted by Crippen LogP contribution is 2.20. The van der Waals surface area contributed by atoms with E-state index >= 15 is 0 Å². The maximum Gasteiger partial charge on any atom is 0.166 e. The van der Waals surface area contributed by atoms with E-state index in [1.165, 1.54) is 0 Å². The normalized spacial score (nSPS) is 9.71. The van der Waals surface area contributed by atoms with Crippen molar-refractivity contribution < 1.29 is 0 Å². The Bertz CT molecular complexity index is 586. The number of anilines is 1. The van der Waals surface area contributed by atoms with Crippen LogP contribution in [0.1, 0.15) is 11.1 Å². The van der Waals surface area contributed by atoms with Gasteiger partial charge >= 0.3 is 0 Å². The topological polar surface area (TPSA) is 74.5 Å². The molecule has 5 nitrogen and oxygen atoms in total. The van der Waals surface area contributed by atoms with Crippen molar-refractivity contribution >= 4 is 5.82 Å². The van der Waals surface area contributed by atoms with Crippen molar-refractivity contribution in [2.75, 3.05) is 12.4 Å². The Morgan fingerprint density at radius 3 is 2.71 bits per heavy atom. The molecule has 0 bridgehead atoms. The van der Waals surface area contributed by atoms with Crippen LogP contribution in [-0.2, 0) is 0 Å². The summed E-state index contributed by atoms with van der Waals surface area (Å²) < 4.78 is 0. The summed E-state index contributed by atoms with van der Waals surface area (Å²) in [6.45, 7) is 1.96. The molecule has 0 saturated heterocycles. The van der Waals surface area contributed by atoms with Crippen LogP contribution in [0.4, 0.5) is 5.82 Å². The minimum Gasteiger partial charge on any atom is -0.371 e. The number of hydrogen-bond acceptors (Lipinski definition) is 5. The maximum absolute atomic E-state index is 9.00. The number of nitrogens with zero attached hydrogens (tertiary/aromatic N) is 4. The van der Waals surface area contributed by atoms with Crippen LogP contribution in [0.15, 0.2) is 24.5 Å². The molecule has 84 valence electrons. The van der Waals surface area contributed by atoms with E-state index in [2.05, 4.69) is 26.6 Å². The molecule has 0 fully saturated rings. The number of nitrogens with one attached hydrogen (secondary N) is 1. The van der Waals surface area contributed by atoms with Crippen molar-refractivity contribution in [3.63, 3.8) is 0 Å². The molecule has 0 radical (unpaired) electrons. The molecule has 0 aromatic carbocycles. The van der Waals surface area contributed by atoms with E-state index in [0.29, 0.717) is 17.1 Å². The third kappa shape index (κ3) is 2.21. The van der Waals surface area contributed by atoms with Gasteiger partial charge in [-0.15, -0.1) is 10.2 Å². The molecule has 17 heavy (non-hydrogen) atoms. The SMILES string of the molecule is CNc1nnc(-c2cncc(C)c2)cc1C#N. The number of aryl methyl sites for hydroxylation is 1. The van der Waals surface area contributed by atoms with Gasteiger partial charge in [-0.05, 0) is 24.6 Å². The van der Waals surface area contributed by atoms with Gasteiger partial charge in [-0.3, -0.25) is 4.98 Å². The zero-order valence-electron chi connectivity index (χ0n) is 9.60. The third-order valence-corrected chi connectivity index (χ3v) is 2.32. The molecule has 2 rings (SSSR count). The summed E-state index contributed by atoms with van der Waals surface area (Å²) in [7, 11) is 1.71. The van der Waals surface area contributed by atoms with Gasteiger partial charge in [0.25, 0.3) is 0 Å². The molecule has 0 saturated carbocycles. The standard InChI is InChI=1S/C12H11N5/c1-8-3-10(7-15-6-8)11-4-9(5-13)12(14-2)17-16-11/h3-4,6-7H,1-2H3,(H,14,17). The lowest BCUT2D eigenvalue weighted by molar-refractivity contribution is 1.03. The predicted molar refractivity (Wildman–Crippen MR) is 64.3 cm³/mol. The van der Waals surface area contributed by atoms with Gasteiger partial charge in [0.15, 0.2) is 5.82 Å². The minimum absolute atomic E-state index is 0.471. The first kappa shape index (κ1) is 11.0. The molecule has 0 unspecified atom stereocenters. The number of hydrogen-bond donors (Lipinski definition) is 1. The summed E-state index contributed by atoms with van der Waals surface area (Å²) in [4.78, 5) is 4.09. The van der Waals surface area contributed by atoms with Crippen molar-refractivity contribution in [3.05, 3.63) is 35.7 Å². The monoisotopic (exact) mass is 225 g/mol. The largest absolute Gasteiger partial charge is 0.371 e. The zero-order chi connectivity index (χ0) is 12.3. The average Bonchev–Trinajstić information content (AvgIpc) is 2.38. The van der Waals surface area contributed by atoms with E-state index in [0.717, 1.165) is 11.1 Å². The number of nitriles is 1. The molecular weight excluding hydrogens is 214 g/mol. The Hall–Kier alpha value is -2.48. The van der Waals surface area contributed by atoms with Gasteiger partial charge in [-0.1, -0.05) is 0 Å². The first-order chi connectivity index (χ1) is 8.24. The summed E-state index contributed by atoms with van der Waals surface area (Å²) in [6, 6.07) is 5.75. The molecule has 2 heterocycles. The first-order valence-corrected chi connectivity index (χ1v) is 5.12. The molecule has 0 aliphatic rings. The molecule has 1 N–H and O–H groups in total. The van der Waals surface area contributed by atoms with Crippen LogP contribution in [0.2, 0.25) is 0 Å². The van der Waals surface area contributed by atoms with Crippen molar-refractivity contribution in [2.24, 2.45) is 0 Å². The summed E-state index contributed by atoms with van der Waals surface area (Å²) >= 11 is 0. The molecule has 0 aliphatic heterocycles. The molecule has 0 amide bonds. The molecule has 0 spiro atoms. The predicted octanol–water partition coefficient (Wildman–Crippen LogP) is 1.76. The molecular formula is C12H11N5. The fourth-order valence-electron chi connectivity index (χ4n) is 1.50. The van der Waals surface area contributed by atoms with Crippen LogP contribution in [0.3, 0.4) is 0 Å². The summed E-state index contributed by atoms with van der Waals surface area (Å²) in [5.74, 6) is 0.483. The molecule has 2 aromatic heterocycles. The van der Waals surface area contributed by atoms with Gasteiger partial charge in [0.1, 0.15) is 6.07 Å². The van der Waals surface area contributed by atoms with E-state index in [1.54, 1.807) is 25.5 Å². The second kappa shape index (κ2) is 4.58. The van der Waals surface area contributed by atoms with Gasteiger partial charge in [0.05, 0.1) is 11.3 Å². The summed E-state index contributed by atoms with van der Waals surface area (Å²) in [5, 5.41) is 19.9. The zero-order valence-corrected chi connectivity index (χ0v) is 9.60. The fourth-order valence-corrected chi connectivity index (χ4v) is 1.50. The molecule has 5 heteroatoms. The van der Waals surface area contributed by atoms with E-state index in [4.69, 9.17) is 5.26 Å². The van der Waals surface area contributed by atoms with Crippen molar-refractivity contribution in [1.82, 2.24) is 15.2 Å². The lowest BCUT2D eigenvalue weighted by atomic mass is 10.1. The van der Waals surface area contributed by atoms with Gasteiger partial charge < -0.3 is 5.32 Å². The van der Waals surface area contributed by atoms with E-state index < -0.39 is 0 Å². The van der Waals surface area contributed by atoms with Crippen LogP contribution in [0, 0.1) is 18.3 Å². The highest BCUT2D eigenvalue weighted by atomic mass is 15.2. The van der Waals surface area contributed by atoms with Gasteiger partial charge in [-0.25, -0.2) is 0 Å². The Kier molecular flexibility index (Phi) is 2.97. The Morgan fingerprint density at radius 2 is 2.06 bits per heavy atom. The average molecular weight is 225 g/mol. The van der Waals surface area contributed by atoms with Crippen LogP contribution in [0.25, 0.3) is 11.3 Å². The minimum atomic E-state index is 0.471. The fraction of sp³-hybridized carbons (Fsp3) is 0.167. The highest BCUT2D eigenvalue weighted by molar-refractivity contribution is 5.63. The molecule has 2 aromatic rings. The maximum atomic E-state index is 9.00. The Morgan fingerprint density at radius 1 is 1.24 bits per heavy atom. The number of pyridine rings is 1. The highest BCUT2D eigenvalue weighted by Gasteiger charge is 2.07. The van der Waals surface area contributed by atoms with Gasteiger partial charge in [0.2, 0.25) is 0 Å². The van der Waals surface area contributed by atoms with Crippen molar-refractivity contribution in [2.45, 2.75) is 6.92 Å². The molecule has 0 aliphatic carbocycles. The third-order valence-electron chi connectivity index (χ3n) is 2.32.